The first-order valence-corrected chi connectivity index (χ1v) is 8.02. The van der Waals surface area contributed by atoms with Crippen LogP contribution in [-0.4, -0.2) is 34.5 Å². The topological polar surface area (TPSA) is 130 Å². The molecule has 0 saturated heterocycles. The molecular formula is C17H19N5O3. The van der Waals surface area contributed by atoms with Crippen molar-refractivity contribution in [2.45, 2.75) is 25.3 Å². The fourth-order valence-electron chi connectivity index (χ4n) is 2.37. The van der Waals surface area contributed by atoms with Gasteiger partial charge in [-0.2, -0.15) is 5.10 Å². The molecule has 1 saturated carbocycles. The Labute approximate surface area is 144 Å². The van der Waals surface area contributed by atoms with Crippen LogP contribution in [0.15, 0.2) is 30.3 Å². The van der Waals surface area contributed by atoms with Gasteiger partial charge in [-0.05, 0) is 36.6 Å². The number of aromatic amines is 1. The number of amides is 3. The summed E-state index contributed by atoms with van der Waals surface area (Å²) in [6.45, 7) is 0.122. The molecule has 2 aromatic rings. The van der Waals surface area contributed by atoms with E-state index in [1.807, 2.05) is 0 Å². The van der Waals surface area contributed by atoms with Crippen LogP contribution < -0.4 is 16.4 Å². The predicted octanol–water partition coefficient (Wildman–Crippen LogP) is 0.432. The molecule has 1 aromatic heterocycles. The molecule has 8 heteroatoms. The van der Waals surface area contributed by atoms with Crippen molar-refractivity contribution in [3.8, 4) is 0 Å². The molecule has 0 radical (unpaired) electrons. The van der Waals surface area contributed by atoms with Crippen molar-refractivity contribution < 1.29 is 14.4 Å². The van der Waals surface area contributed by atoms with E-state index in [9.17, 15) is 14.4 Å². The van der Waals surface area contributed by atoms with Crippen LogP contribution in [0.5, 0.6) is 0 Å². The molecule has 0 atom stereocenters. The van der Waals surface area contributed by atoms with E-state index in [1.165, 1.54) is 0 Å². The number of H-pyrrole nitrogens is 1. The number of carbonyl (C=O) groups excluding carboxylic acids is 3. The molecule has 0 aliphatic heterocycles. The van der Waals surface area contributed by atoms with Gasteiger partial charge in [0, 0.05) is 23.7 Å². The number of aromatic nitrogens is 2. The maximum atomic E-state index is 12.1. The van der Waals surface area contributed by atoms with Gasteiger partial charge in [-0.25, -0.2) is 0 Å². The number of benzene rings is 1. The fraction of sp³-hybridized carbons (Fsp3) is 0.294. The van der Waals surface area contributed by atoms with Gasteiger partial charge in [0.2, 0.25) is 5.91 Å². The molecule has 3 rings (SSSR count). The fourth-order valence-corrected chi connectivity index (χ4v) is 2.37. The Kier molecular flexibility index (Phi) is 4.78. The van der Waals surface area contributed by atoms with Gasteiger partial charge >= 0.3 is 0 Å². The Morgan fingerprint density at radius 1 is 1.12 bits per heavy atom. The average Bonchev–Trinajstić information content (AvgIpc) is 3.35. The third kappa shape index (κ3) is 4.43. The van der Waals surface area contributed by atoms with Crippen LogP contribution in [0.2, 0.25) is 0 Å². The minimum Gasteiger partial charge on any atom is -0.368 e. The predicted molar refractivity (Wildman–Crippen MR) is 89.7 cm³/mol. The molecule has 1 aromatic carbocycles. The van der Waals surface area contributed by atoms with Crippen molar-refractivity contribution in [1.29, 1.82) is 0 Å². The van der Waals surface area contributed by atoms with E-state index in [0.29, 0.717) is 23.7 Å². The first kappa shape index (κ1) is 16.7. The highest BCUT2D eigenvalue weighted by molar-refractivity contribution is 5.96. The molecule has 1 aliphatic rings. The maximum absolute atomic E-state index is 12.1. The zero-order valence-corrected chi connectivity index (χ0v) is 13.5. The van der Waals surface area contributed by atoms with Crippen LogP contribution in [0.25, 0.3) is 0 Å². The molecule has 1 fully saturated rings. The molecule has 5 N–H and O–H groups in total. The summed E-state index contributed by atoms with van der Waals surface area (Å²) < 4.78 is 0. The highest BCUT2D eigenvalue weighted by Gasteiger charge is 2.26. The van der Waals surface area contributed by atoms with Gasteiger partial charge in [0.25, 0.3) is 11.8 Å². The van der Waals surface area contributed by atoms with Gasteiger partial charge in [-0.1, -0.05) is 12.1 Å². The third-order valence-electron chi connectivity index (χ3n) is 3.94. The van der Waals surface area contributed by atoms with Crippen LogP contribution >= 0.6 is 0 Å². The van der Waals surface area contributed by atoms with Crippen LogP contribution in [0.3, 0.4) is 0 Å². The van der Waals surface area contributed by atoms with Crippen molar-refractivity contribution in [2.75, 3.05) is 6.54 Å². The molecular weight excluding hydrogens is 322 g/mol. The minimum atomic E-state index is -0.601. The lowest BCUT2D eigenvalue weighted by Crippen LogP contribution is -2.33. The Balaban J connectivity index is 1.51. The lowest BCUT2D eigenvalue weighted by molar-refractivity contribution is -0.117. The quantitative estimate of drug-likeness (QED) is 0.582. The summed E-state index contributed by atoms with van der Waals surface area (Å²) in [6.07, 6.45) is 2.28. The summed E-state index contributed by atoms with van der Waals surface area (Å²) in [5, 5.41) is 12.1. The van der Waals surface area contributed by atoms with Gasteiger partial charge in [0.05, 0.1) is 6.54 Å². The Morgan fingerprint density at radius 2 is 1.84 bits per heavy atom. The first-order chi connectivity index (χ1) is 12.0. The zero-order valence-electron chi connectivity index (χ0n) is 13.5. The third-order valence-corrected chi connectivity index (χ3v) is 3.94. The number of rotatable bonds is 7. The standard InChI is InChI=1S/C17H19N5O3/c18-15(23)9-20-16(24)12-3-1-10(2-4-12)8-19-17(25)14-7-13(21-22-14)11-5-6-11/h1-4,7,11H,5-6,8-9H2,(H2,18,23)(H,19,25)(H,20,24)(H,21,22). The zero-order chi connectivity index (χ0) is 17.8. The molecule has 8 nitrogen and oxygen atoms in total. The highest BCUT2D eigenvalue weighted by atomic mass is 16.2. The summed E-state index contributed by atoms with van der Waals surface area (Å²) in [7, 11) is 0. The van der Waals surface area contributed by atoms with Crippen LogP contribution in [0, 0.1) is 0 Å². The second kappa shape index (κ2) is 7.16. The maximum Gasteiger partial charge on any atom is 0.272 e. The van der Waals surface area contributed by atoms with E-state index in [4.69, 9.17) is 5.73 Å². The Bertz CT molecular complexity index is 793. The van der Waals surface area contributed by atoms with Gasteiger partial charge in [-0.15, -0.1) is 0 Å². The minimum absolute atomic E-state index is 0.205. The molecule has 3 amide bonds. The van der Waals surface area contributed by atoms with Crippen molar-refractivity contribution in [2.24, 2.45) is 5.73 Å². The second-order valence-corrected chi connectivity index (χ2v) is 6.01. The van der Waals surface area contributed by atoms with Crippen LogP contribution in [0.1, 0.15) is 50.9 Å². The number of nitrogens with zero attached hydrogens (tertiary/aromatic N) is 1. The average molecular weight is 341 g/mol. The van der Waals surface area contributed by atoms with E-state index in [0.717, 1.165) is 24.1 Å². The first-order valence-electron chi connectivity index (χ1n) is 8.02. The van der Waals surface area contributed by atoms with Crippen molar-refractivity contribution in [1.82, 2.24) is 20.8 Å². The van der Waals surface area contributed by atoms with Crippen molar-refractivity contribution in [3.05, 3.63) is 52.8 Å². The Morgan fingerprint density at radius 3 is 2.48 bits per heavy atom. The number of nitrogens with two attached hydrogens (primary N) is 1. The smallest absolute Gasteiger partial charge is 0.272 e. The van der Waals surface area contributed by atoms with E-state index < -0.39 is 5.91 Å². The number of nitrogens with one attached hydrogen (secondary N) is 3. The number of hydrogen-bond acceptors (Lipinski definition) is 4. The SMILES string of the molecule is NC(=O)CNC(=O)c1ccc(CNC(=O)c2cc(C3CC3)[nH]n2)cc1. The van der Waals surface area contributed by atoms with Crippen molar-refractivity contribution in [3.63, 3.8) is 0 Å². The van der Waals surface area contributed by atoms with Gasteiger partial charge in [0.1, 0.15) is 5.69 Å². The molecule has 0 spiro atoms. The van der Waals surface area contributed by atoms with E-state index in [1.54, 1.807) is 30.3 Å². The summed E-state index contributed by atoms with van der Waals surface area (Å²) in [4.78, 5) is 34.5. The summed E-state index contributed by atoms with van der Waals surface area (Å²) in [5.74, 6) is -0.705. The van der Waals surface area contributed by atoms with E-state index >= 15 is 0 Å². The number of hydrogen-bond donors (Lipinski definition) is 4. The highest BCUT2D eigenvalue weighted by Crippen LogP contribution is 2.38. The largest absolute Gasteiger partial charge is 0.368 e. The van der Waals surface area contributed by atoms with Gasteiger partial charge < -0.3 is 16.4 Å². The number of primary amides is 1. The lowest BCUT2D eigenvalue weighted by atomic mass is 10.1. The molecule has 0 unspecified atom stereocenters. The molecule has 0 bridgehead atoms. The molecule has 130 valence electrons. The Hall–Kier alpha value is -3.16. The summed E-state index contributed by atoms with van der Waals surface area (Å²) in [6, 6.07) is 8.51. The van der Waals surface area contributed by atoms with Crippen LogP contribution in [-0.2, 0) is 11.3 Å². The summed E-state index contributed by atoms with van der Waals surface area (Å²) >= 11 is 0. The lowest BCUT2D eigenvalue weighted by Gasteiger charge is -2.06. The van der Waals surface area contributed by atoms with Crippen LogP contribution in [0.4, 0.5) is 0 Å². The van der Waals surface area contributed by atoms with Gasteiger partial charge in [-0.3, -0.25) is 19.5 Å². The van der Waals surface area contributed by atoms with E-state index in [-0.39, 0.29) is 18.4 Å². The van der Waals surface area contributed by atoms with Crippen molar-refractivity contribution >= 4 is 17.7 Å². The van der Waals surface area contributed by atoms with Gasteiger partial charge in [0.15, 0.2) is 0 Å². The molecule has 1 heterocycles. The molecule has 25 heavy (non-hydrogen) atoms. The second-order valence-electron chi connectivity index (χ2n) is 6.01. The summed E-state index contributed by atoms with van der Waals surface area (Å²) in [5.41, 5.74) is 7.63. The van der Waals surface area contributed by atoms with E-state index in [2.05, 4.69) is 20.8 Å². The normalized spacial score (nSPS) is 13.3. The number of carbonyl (C=O) groups is 3. The molecule has 1 aliphatic carbocycles. The monoisotopic (exact) mass is 341 g/mol.